The number of likely N-dealkylation sites (tertiary alicyclic amines) is 1. The molecule has 0 atom stereocenters. The third-order valence-electron chi connectivity index (χ3n) is 2.59. The van der Waals surface area contributed by atoms with Gasteiger partial charge >= 0.3 is 0 Å². The summed E-state index contributed by atoms with van der Waals surface area (Å²) in [4.78, 5) is 13.0. The summed E-state index contributed by atoms with van der Waals surface area (Å²) in [6.45, 7) is 2.80. The number of nitrogens with zero attached hydrogens (tertiary/aromatic N) is 1. The topological polar surface area (TPSA) is 92.6 Å². The van der Waals surface area contributed by atoms with Gasteiger partial charge in [0, 0.05) is 26.2 Å². The molecule has 1 aliphatic rings. The minimum atomic E-state index is -1.29. The van der Waals surface area contributed by atoms with Crippen LogP contribution < -0.4 is 11.5 Å². The van der Waals surface area contributed by atoms with E-state index in [1.807, 2.05) is 0 Å². The molecule has 13 heavy (non-hydrogen) atoms. The molecular weight excluding hydrogens is 170 g/mol. The van der Waals surface area contributed by atoms with Crippen LogP contribution in [0.1, 0.15) is 12.8 Å². The summed E-state index contributed by atoms with van der Waals surface area (Å²) < 4.78 is 0. The summed E-state index contributed by atoms with van der Waals surface area (Å²) in [7, 11) is 0. The number of primary amides is 1. The fourth-order valence-corrected chi connectivity index (χ4v) is 1.58. The highest BCUT2D eigenvalue weighted by atomic mass is 16.3. The van der Waals surface area contributed by atoms with E-state index in [0.29, 0.717) is 32.5 Å². The van der Waals surface area contributed by atoms with E-state index in [0.717, 1.165) is 6.54 Å². The van der Waals surface area contributed by atoms with E-state index in [1.54, 1.807) is 0 Å². The Balaban J connectivity index is 2.42. The van der Waals surface area contributed by atoms with E-state index in [1.165, 1.54) is 0 Å². The van der Waals surface area contributed by atoms with Crippen molar-refractivity contribution < 1.29 is 9.90 Å². The first-order chi connectivity index (χ1) is 6.08. The van der Waals surface area contributed by atoms with Crippen molar-refractivity contribution in [3.05, 3.63) is 0 Å². The molecule has 1 rings (SSSR count). The molecular formula is C8H17N3O2. The zero-order chi connectivity index (χ0) is 9.90. The van der Waals surface area contributed by atoms with Gasteiger partial charge in [-0.05, 0) is 12.8 Å². The number of carbonyl (C=O) groups excluding carboxylic acids is 1. The molecule has 1 fully saturated rings. The van der Waals surface area contributed by atoms with Crippen molar-refractivity contribution in [2.75, 3.05) is 26.2 Å². The van der Waals surface area contributed by atoms with E-state index in [4.69, 9.17) is 11.5 Å². The molecule has 5 N–H and O–H groups in total. The van der Waals surface area contributed by atoms with E-state index in [9.17, 15) is 9.90 Å². The molecule has 0 aromatic rings. The molecule has 1 amide bonds. The van der Waals surface area contributed by atoms with Gasteiger partial charge in [0.05, 0.1) is 0 Å². The Hall–Kier alpha value is -0.650. The number of nitrogens with two attached hydrogens (primary N) is 2. The van der Waals surface area contributed by atoms with Gasteiger partial charge in [-0.15, -0.1) is 0 Å². The van der Waals surface area contributed by atoms with E-state index < -0.39 is 11.5 Å². The van der Waals surface area contributed by atoms with Gasteiger partial charge in [-0.1, -0.05) is 0 Å². The number of amides is 1. The SMILES string of the molecule is NCCN1CCC(O)(C(N)=O)CC1. The van der Waals surface area contributed by atoms with Gasteiger partial charge in [-0.25, -0.2) is 0 Å². The first-order valence-corrected chi connectivity index (χ1v) is 4.53. The number of rotatable bonds is 3. The molecule has 0 aromatic carbocycles. The standard InChI is InChI=1S/C8H17N3O2/c9-3-6-11-4-1-8(13,2-5-11)7(10)12/h13H,1-6,9H2,(H2,10,12). The van der Waals surface area contributed by atoms with Crippen LogP contribution in [0.5, 0.6) is 0 Å². The summed E-state index contributed by atoms with van der Waals surface area (Å²) in [6.07, 6.45) is 0.838. The normalized spacial score (nSPS) is 22.9. The predicted octanol–water partition coefficient (Wildman–Crippen LogP) is -1.74. The van der Waals surface area contributed by atoms with Crippen LogP contribution >= 0.6 is 0 Å². The second-order valence-electron chi connectivity index (χ2n) is 3.53. The van der Waals surface area contributed by atoms with Crippen LogP contribution in [0, 0.1) is 0 Å². The molecule has 1 aliphatic heterocycles. The first-order valence-electron chi connectivity index (χ1n) is 4.53. The molecule has 0 aliphatic carbocycles. The van der Waals surface area contributed by atoms with Crippen LogP contribution in [-0.2, 0) is 4.79 Å². The molecule has 0 spiro atoms. The van der Waals surface area contributed by atoms with Gasteiger partial charge in [0.25, 0.3) is 0 Å². The number of hydrogen-bond acceptors (Lipinski definition) is 4. The molecule has 0 aromatic heterocycles. The van der Waals surface area contributed by atoms with Gasteiger partial charge in [0.1, 0.15) is 5.60 Å². The maximum Gasteiger partial charge on any atom is 0.249 e. The number of aliphatic hydroxyl groups is 1. The molecule has 0 bridgehead atoms. The molecule has 0 radical (unpaired) electrons. The highest BCUT2D eigenvalue weighted by molar-refractivity contribution is 5.83. The lowest BCUT2D eigenvalue weighted by molar-refractivity contribution is -0.141. The monoisotopic (exact) mass is 187 g/mol. The lowest BCUT2D eigenvalue weighted by Crippen LogP contribution is -2.52. The van der Waals surface area contributed by atoms with Crippen molar-refractivity contribution in [2.24, 2.45) is 11.5 Å². The second kappa shape index (κ2) is 4.04. The molecule has 1 heterocycles. The van der Waals surface area contributed by atoms with Gasteiger partial charge in [0.2, 0.25) is 5.91 Å². The number of piperidine rings is 1. The lowest BCUT2D eigenvalue weighted by atomic mass is 9.91. The minimum Gasteiger partial charge on any atom is -0.380 e. The van der Waals surface area contributed by atoms with Crippen molar-refractivity contribution in [3.8, 4) is 0 Å². The fraction of sp³-hybridized carbons (Fsp3) is 0.875. The summed E-state index contributed by atoms with van der Waals surface area (Å²) in [6, 6.07) is 0. The van der Waals surface area contributed by atoms with Crippen LogP contribution in [0.25, 0.3) is 0 Å². The summed E-state index contributed by atoms with van der Waals surface area (Å²) in [5.74, 6) is -0.611. The van der Waals surface area contributed by atoms with Crippen molar-refractivity contribution in [1.82, 2.24) is 4.90 Å². The van der Waals surface area contributed by atoms with Crippen molar-refractivity contribution in [3.63, 3.8) is 0 Å². The van der Waals surface area contributed by atoms with Crippen LogP contribution in [0.3, 0.4) is 0 Å². The third-order valence-corrected chi connectivity index (χ3v) is 2.59. The van der Waals surface area contributed by atoms with E-state index in [2.05, 4.69) is 4.90 Å². The van der Waals surface area contributed by atoms with Crippen LogP contribution in [-0.4, -0.2) is 47.7 Å². The van der Waals surface area contributed by atoms with Gasteiger partial charge in [-0.3, -0.25) is 4.79 Å². The zero-order valence-corrected chi connectivity index (χ0v) is 7.70. The van der Waals surface area contributed by atoms with Crippen LogP contribution in [0.2, 0.25) is 0 Å². The first kappa shape index (κ1) is 10.4. The van der Waals surface area contributed by atoms with Gasteiger partial charge in [-0.2, -0.15) is 0 Å². The summed E-state index contributed by atoms with van der Waals surface area (Å²) >= 11 is 0. The van der Waals surface area contributed by atoms with Crippen LogP contribution in [0.4, 0.5) is 0 Å². The Morgan fingerprint density at radius 1 is 1.46 bits per heavy atom. The van der Waals surface area contributed by atoms with Gasteiger partial charge < -0.3 is 21.5 Å². The molecule has 0 saturated carbocycles. The molecule has 1 saturated heterocycles. The predicted molar refractivity (Wildman–Crippen MR) is 48.9 cm³/mol. The Morgan fingerprint density at radius 2 is 2.00 bits per heavy atom. The van der Waals surface area contributed by atoms with Crippen molar-refractivity contribution in [2.45, 2.75) is 18.4 Å². The smallest absolute Gasteiger partial charge is 0.249 e. The number of carbonyl (C=O) groups is 1. The number of hydrogen-bond donors (Lipinski definition) is 3. The maximum atomic E-state index is 10.9. The average molecular weight is 187 g/mol. The Morgan fingerprint density at radius 3 is 2.38 bits per heavy atom. The minimum absolute atomic E-state index is 0.419. The second-order valence-corrected chi connectivity index (χ2v) is 3.53. The maximum absolute atomic E-state index is 10.9. The Labute approximate surface area is 77.7 Å². The Bertz CT molecular complexity index is 188. The molecule has 0 unspecified atom stereocenters. The quantitative estimate of drug-likeness (QED) is 0.489. The zero-order valence-electron chi connectivity index (χ0n) is 7.70. The van der Waals surface area contributed by atoms with E-state index >= 15 is 0 Å². The van der Waals surface area contributed by atoms with E-state index in [-0.39, 0.29) is 0 Å². The van der Waals surface area contributed by atoms with Crippen molar-refractivity contribution >= 4 is 5.91 Å². The molecule has 76 valence electrons. The third kappa shape index (κ3) is 2.40. The van der Waals surface area contributed by atoms with Crippen LogP contribution in [0.15, 0.2) is 0 Å². The van der Waals surface area contributed by atoms with Gasteiger partial charge in [0.15, 0.2) is 0 Å². The molecule has 5 nitrogen and oxygen atoms in total. The lowest BCUT2D eigenvalue weighted by Gasteiger charge is -2.35. The highest BCUT2D eigenvalue weighted by Gasteiger charge is 2.37. The summed E-state index contributed by atoms with van der Waals surface area (Å²) in [5.41, 5.74) is 9.19. The Kier molecular flexibility index (Phi) is 3.24. The average Bonchev–Trinajstić information content (AvgIpc) is 2.09. The fourth-order valence-electron chi connectivity index (χ4n) is 1.58. The van der Waals surface area contributed by atoms with Crippen molar-refractivity contribution in [1.29, 1.82) is 0 Å². The largest absolute Gasteiger partial charge is 0.380 e. The molecule has 5 heteroatoms. The summed E-state index contributed by atoms with van der Waals surface area (Å²) in [5, 5.41) is 9.70. The highest BCUT2D eigenvalue weighted by Crippen LogP contribution is 2.21.